The molecule has 0 radical (unpaired) electrons. The molecule has 2 heterocycles. The summed E-state index contributed by atoms with van der Waals surface area (Å²) < 4.78 is 4.29. The third-order valence-corrected chi connectivity index (χ3v) is 2.07. The van der Waals surface area contributed by atoms with Crippen LogP contribution in [0.25, 0.3) is 5.65 Å². The zero-order chi connectivity index (χ0) is 7.84. The Morgan fingerprint density at radius 2 is 2.08 bits per heavy atom. The highest BCUT2D eigenvalue weighted by atomic mass is 127. The lowest BCUT2D eigenvalue weighted by molar-refractivity contribution is -0.650. The van der Waals surface area contributed by atoms with Gasteiger partial charge < -0.3 is 24.0 Å². The highest BCUT2D eigenvalue weighted by Crippen LogP contribution is 1.99. The van der Waals surface area contributed by atoms with Crippen molar-refractivity contribution in [3.63, 3.8) is 0 Å². The van der Waals surface area contributed by atoms with E-state index in [0.717, 1.165) is 0 Å². The molecule has 0 saturated carbocycles. The maximum Gasteiger partial charge on any atom is 0.286 e. The van der Waals surface area contributed by atoms with Gasteiger partial charge in [0.2, 0.25) is 0 Å². The number of hydrogen-bond acceptors (Lipinski definition) is 0. The van der Waals surface area contributed by atoms with Gasteiger partial charge in [-0.1, -0.05) is 6.07 Å². The molecule has 64 valence electrons. The Labute approximate surface area is 88.9 Å². The number of pyridine rings is 1. The van der Waals surface area contributed by atoms with Gasteiger partial charge in [-0.15, -0.1) is 0 Å². The van der Waals surface area contributed by atoms with E-state index in [1.807, 2.05) is 6.07 Å². The molecular weight excluding hydrogens is 263 g/mol. The molecule has 2 aromatic heterocycles. The molecule has 0 bridgehead atoms. The third-order valence-electron chi connectivity index (χ3n) is 2.07. The maximum absolute atomic E-state index is 2.17. The number of rotatable bonds is 0. The molecule has 0 unspecified atom stereocenters. The highest BCUT2D eigenvalue weighted by molar-refractivity contribution is 5.31. The summed E-state index contributed by atoms with van der Waals surface area (Å²) in [5, 5.41) is 0. The minimum absolute atomic E-state index is 0. The first kappa shape index (κ1) is 9.51. The van der Waals surface area contributed by atoms with Crippen LogP contribution in [0.3, 0.4) is 0 Å². The first-order valence-corrected chi connectivity index (χ1v) is 3.71. The summed E-state index contributed by atoms with van der Waals surface area (Å²) in [4.78, 5) is 0. The van der Waals surface area contributed by atoms with Gasteiger partial charge in [0.15, 0.2) is 0 Å². The van der Waals surface area contributed by atoms with Crippen molar-refractivity contribution in [3.05, 3.63) is 36.3 Å². The van der Waals surface area contributed by atoms with Crippen LogP contribution in [0.2, 0.25) is 0 Å². The van der Waals surface area contributed by atoms with Gasteiger partial charge in [0.1, 0.15) is 11.9 Å². The highest BCUT2D eigenvalue weighted by Gasteiger charge is 2.07. The molecule has 0 aliphatic heterocycles. The number of aryl methyl sites for hydroxylation is 2. The van der Waals surface area contributed by atoms with Crippen molar-refractivity contribution in [2.75, 3.05) is 0 Å². The lowest BCUT2D eigenvalue weighted by Crippen LogP contribution is -3.00. The average molecular weight is 274 g/mol. The summed E-state index contributed by atoms with van der Waals surface area (Å²) in [6.45, 7) is 2.10. The molecule has 2 aromatic rings. The Morgan fingerprint density at radius 3 is 2.75 bits per heavy atom. The van der Waals surface area contributed by atoms with E-state index in [2.05, 4.69) is 47.5 Å². The maximum atomic E-state index is 2.17. The second-order valence-electron chi connectivity index (χ2n) is 2.80. The van der Waals surface area contributed by atoms with Crippen molar-refractivity contribution >= 4 is 5.65 Å². The van der Waals surface area contributed by atoms with Crippen molar-refractivity contribution in [1.29, 1.82) is 0 Å². The van der Waals surface area contributed by atoms with E-state index in [1.54, 1.807) is 0 Å². The predicted octanol–water partition coefficient (Wildman–Crippen LogP) is -1.92. The molecule has 0 spiro atoms. The zero-order valence-corrected chi connectivity index (χ0v) is 9.32. The van der Waals surface area contributed by atoms with Gasteiger partial charge in [0, 0.05) is 13.0 Å². The Kier molecular flexibility index (Phi) is 2.72. The van der Waals surface area contributed by atoms with Crippen molar-refractivity contribution in [2.45, 2.75) is 6.92 Å². The minimum atomic E-state index is 0. The van der Waals surface area contributed by atoms with Gasteiger partial charge in [0.05, 0.1) is 13.2 Å². The second-order valence-corrected chi connectivity index (χ2v) is 2.80. The third kappa shape index (κ3) is 1.33. The number of halogens is 1. The summed E-state index contributed by atoms with van der Waals surface area (Å²) in [5.41, 5.74) is 2.50. The van der Waals surface area contributed by atoms with E-state index in [0.29, 0.717) is 0 Å². The Bertz CT molecular complexity index is 392. The molecule has 12 heavy (non-hydrogen) atoms. The largest absolute Gasteiger partial charge is 1.00 e. The normalized spacial score (nSPS) is 9.83. The van der Waals surface area contributed by atoms with E-state index in [9.17, 15) is 0 Å². The molecule has 0 amide bonds. The Morgan fingerprint density at radius 1 is 1.33 bits per heavy atom. The first-order valence-electron chi connectivity index (χ1n) is 3.71. The lowest BCUT2D eigenvalue weighted by Gasteiger charge is -1.86. The summed E-state index contributed by atoms with van der Waals surface area (Å²) in [6.07, 6.45) is 4.18. The standard InChI is InChI=1S/C9H11N2.HI/c1-8-7-11-6-4-3-5-9(11)10(8)2;/h3-7H,1-2H3;1H/q+1;/p-1. The molecule has 0 aliphatic carbocycles. The van der Waals surface area contributed by atoms with E-state index in [1.165, 1.54) is 11.3 Å². The summed E-state index contributed by atoms with van der Waals surface area (Å²) >= 11 is 0. The molecule has 0 fully saturated rings. The van der Waals surface area contributed by atoms with Crippen molar-refractivity contribution in [3.8, 4) is 0 Å². The Balaban J connectivity index is 0.000000720. The van der Waals surface area contributed by atoms with Gasteiger partial charge in [0.25, 0.3) is 5.65 Å². The van der Waals surface area contributed by atoms with Crippen LogP contribution >= 0.6 is 0 Å². The molecule has 3 heteroatoms. The average Bonchev–Trinajstić information content (AvgIpc) is 2.30. The van der Waals surface area contributed by atoms with Crippen LogP contribution in [0.15, 0.2) is 30.6 Å². The number of aromatic nitrogens is 2. The quantitative estimate of drug-likeness (QED) is 0.391. The van der Waals surface area contributed by atoms with Crippen LogP contribution in [-0.2, 0) is 7.05 Å². The number of fused-ring (bicyclic) bond motifs is 1. The fraction of sp³-hybridized carbons (Fsp3) is 0.222. The van der Waals surface area contributed by atoms with E-state index in [4.69, 9.17) is 0 Å². The first-order chi connectivity index (χ1) is 5.29. The molecule has 0 aliphatic rings. The summed E-state index contributed by atoms with van der Waals surface area (Å²) in [5.74, 6) is 0. The smallest absolute Gasteiger partial charge is 0.286 e. The molecule has 0 aromatic carbocycles. The molecule has 2 rings (SSSR count). The summed E-state index contributed by atoms with van der Waals surface area (Å²) in [7, 11) is 2.07. The number of nitrogens with zero attached hydrogens (tertiary/aromatic N) is 2. The van der Waals surface area contributed by atoms with Crippen LogP contribution in [-0.4, -0.2) is 4.40 Å². The Hall–Kier alpha value is -0.580. The zero-order valence-electron chi connectivity index (χ0n) is 7.16. The van der Waals surface area contributed by atoms with Crippen LogP contribution in [0, 0.1) is 6.92 Å². The van der Waals surface area contributed by atoms with E-state index >= 15 is 0 Å². The SMILES string of the molecule is Cc1cn2ccccc2[n+]1C.[I-]. The fourth-order valence-corrected chi connectivity index (χ4v) is 1.31. The van der Waals surface area contributed by atoms with Crippen LogP contribution in [0.4, 0.5) is 0 Å². The van der Waals surface area contributed by atoms with Crippen LogP contribution in [0.5, 0.6) is 0 Å². The van der Waals surface area contributed by atoms with Gasteiger partial charge in [-0.05, 0) is 6.07 Å². The topological polar surface area (TPSA) is 8.29 Å². The molecule has 2 nitrogen and oxygen atoms in total. The molecular formula is C9H11IN2. The van der Waals surface area contributed by atoms with Crippen LogP contribution < -0.4 is 28.5 Å². The molecule has 0 saturated heterocycles. The number of imidazole rings is 1. The molecule has 0 atom stereocenters. The monoisotopic (exact) mass is 274 g/mol. The van der Waals surface area contributed by atoms with Gasteiger partial charge in [-0.2, -0.15) is 0 Å². The summed E-state index contributed by atoms with van der Waals surface area (Å²) in [6, 6.07) is 6.19. The predicted molar refractivity (Wildman–Crippen MR) is 43.3 cm³/mol. The lowest BCUT2D eigenvalue weighted by atomic mass is 10.5. The molecule has 0 N–H and O–H groups in total. The van der Waals surface area contributed by atoms with Crippen molar-refractivity contribution in [1.82, 2.24) is 4.40 Å². The van der Waals surface area contributed by atoms with E-state index < -0.39 is 0 Å². The van der Waals surface area contributed by atoms with Gasteiger partial charge in [-0.3, -0.25) is 0 Å². The minimum Gasteiger partial charge on any atom is -1.00 e. The van der Waals surface area contributed by atoms with Gasteiger partial charge in [-0.25, -0.2) is 8.97 Å². The van der Waals surface area contributed by atoms with Crippen LogP contribution in [0.1, 0.15) is 5.69 Å². The fourth-order valence-electron chi connectivity index (χ4n) is 1.31. The van der Waals surface area contributed by atoms with E-state index in [-0.39, 0.29) is 24.0 Å². The number of hydrogen-bond donors (Lipinski definition) is 0. The van der Waals surface area contributed by atoms with Gasteiger partial charge >= 0.3 is 0 Å². The second kappa shape index (κ2) is 3.43. The van der Waals surface area contributed by atoms with Crippen molar-refractivity contribution < 1.29 is 28.5 Å². The van der Waals surface area contributed by atoms with Crippen molar-refractivity contribution in [2.24, 2.45) is 7.05 Å².